The van der Waals surface area contributed by atoms with Gasteiger partial charge in [-0.05, 0) is 63.3 Å². The Morgan fingerprint density at radius 3 is 2.33 bits per heavy atom. The van der Waals surface area contributed by atoms with Crippen molar-refractivity contribution in [3.8, 4) is 5.75 Å². The van der Waals surface area contributed by atoms with Crippen LogP contribution in [0.1, 0.15) is 60.0 Å². The predicted octanol–water partition coefficient (Wildman–Crippen LogP) is 2.97. The van der Waals surface area contributed by atoms with Gasteiger partial charge in [0.1, 0.15) is 5.75 Å². The molecule has 1 aromatic heterocycles. The van der Waals surface area contributed by atoms with Crippen LogP contribution in [0.5, 0.6) is 5.75 Å². The molecule has 2 aliphatic rings. The van der Waals surface area contributed by atoms with Crippen LogP contribution in [0.25, 0.3) is 0 Å². The average molecular weight is 412 g/mol. The Labute approximate surface area is 174 Å². The SMILES string of the molecule is CC1(NC(=O)c2ncc(F)cn2)CCN(C(=O)c2ccc(OC3CCC3)cc2)CC1. The molecule has 2 aromatic rings. The number of carbonyl (C=O) groups excluding carboxylic acids is 2. The van der Waals surface area contributed by atoms with E-state index in [4.69, 9.17) is 4.74 Å². The van der Waals surface area contributed by atoms with Gasteiger partial charge in [0.25, 0.3) is 11.8 Å². The molecule has 0 unspecified atom stereocenters. The van der Waals surface area contributed by atoms with Crippen molar-refractivity contribution in [2.45, 2.75) is 50.7 Å². The van der Waals surface area contributed by atoms with Gasteiger partial charge in [0.05, 0.1) is 18.5 Å². The molecular weight excluding hydrogens is 387 g/mol. The summed E-state index contributed by atoms with van der Waals surface area (Å²) in [5.41, 5.74) is 0.148. The van der Waals surface area contributed by atoms with E-state index in [1.807, 2.05) is 19.1 Å². The molecule has 0 bridgehead atoms. The number of hydrogen-bond donors (Lipinski definition) is 1. The fourth-order valence-electron chi connectivity index (χ4n) is 3.63. The van der Waals surface area contributed by atoms with Gasteiger partial charge in [-0.25, -0.2) is 14.4 Å². The number of rotatable bonds is 5. The summed E-state index contributed by atoms with van der Waals surface area (Å²) in [7, 11) is 0. The summed E-state index contributed by atoms with van der Waals surface area (Å²) in [6.07, 6.45) is 6.85. The molecule has 1 aliphatic carbocycles. The molecule has 2 fully saturated rings. The van der Waals surface area contributed by atoms with Gasteiger partial charge >= 0.3 is 0 Å². The van der Waals surface area contributed by atoms with Crippen molar-refractivity contribution in [1.82, 2.24) is 20.2 Å². The summed E-state index contributed by atoms with van der Waals surface area (Å²) in [6.45, 7) is 2.99. The number of hydrogen-bond acceptors (Lipinski definition) is 5. The number of aromatic nitrogens is 2. The third-order valence-electron chi connectivity index (χ3n) is 5.85. The van der Waals surface area contributed by atoms with Crippen LogP contribution in [0.2, 0.25) is 0 Å². The van der Waals surface area contributed by atoms with Crippen LogP contribution < -0.4 is 10.1 Å². The zero-order valence-corrected chi connectivity index (χ0v) is 16.9. The number of halogens is 1. The van der Waals surface area contributed by atoms with E-state index in [9.17, 15) is 14.0 Å². The second-order valence-corrected chi connectivity index (χ2v) is 8.23. The number of carbonyl (C=O) groups is 2. The molecule has 0 radical (unpaired) electrons. The number of nitrogens with zero attached hydrogens (tertiary/aromatic N) is 3. The monoisotopic (exact) mass is 412 g/mol. The average Bonchev–Trinajstić information content (AvgIpc) is 2.71. The van der Waals surface area contributed by atoms with E-state index in [2.05, 4.69) is 15.3 Å². The maximum atomic E-state index is 12.9. The lowest BCUT2D eigenvalue weighted by Crippen LogP contribution is -2.54. The number of benzene rings is 1. The van der Waals surface area contributed by atoms with Crippen molar-refractivity contribution < 1.29 is 18.7 Å². The number of amides is 2. The molecule has 1 aliphatic heterocycles. The van der Waals surface area contributed by atoms with Crippen LogP contribution in [-0.4, -0.2) is 51.4 Å². The van der Waals surface area contributed by atoms with Crippen molar-refractivity contribution >= 4 is 11.8 Å². The first kappa shape index (κ1) is 20.3. The molecule has 4 rings (SSSR count). The first-order valence-corrected chi connectivity index (χ1v) is 10.3. The van der Waals surface area contributed by atoms with Crippen molar-refractivity contribution in [3.63, 3.8) is 0 Å². The Bertz CT molecular complexity index is 905. The van der Waals surface area contributed by atoms with Gasteiger partial charge in [0.2, 0.25) is 5.82 Å². The molecule has 0 atom stereocenters. The van der Waals surface area contributed by atoms with Crippen LogP contribution in [0.4, 0.5) is 4.39 Å². The Morgan fingerprint density at radius 2 is 1.77 bits per heavy atom. The summed E-state index contributed by atoms with van der Waals surface area (Å²) in [4.78, 5) is 34.4. The van der Waals surface area contributed by atoms with Crippen LogP contribution in [0, 0.1) is 5.82 Å². The Morgan fingerprint density at radius 1 is 1.13 bits per heavy atom. The van der Waals surface area contributed by atoms with Crippen molar-refractivity contribution in [2.24, 2.45) is 0 Å². The lowest BCUT2D eigenvalue weighted by molar-refractivity contribution is 0.0636. The molecule has 1 N–H and O–H groups in total. The maximum Gasteiger partial charge on any atom is 0.289 e. The molecule has 2 heterocycles. The highest BCUT2D eigenvalue weighted by Crippen LogP contribution is 2.26. The maximum absolute atomic E-state index is 12.9. The Kier molecular flexibility index (Phi) is 5.65. The second kappa shape index (κ2) is 8.38. The van der Waals surface area contributed by atoms with Crippen LogP contribution in [0.15, 0.2) is 36.7 Å². The lowest BCUT2D eigenvalue weighted by atomic mass is 9.89. The summed E-state index contributed by atoms with van der Waals surface area (Å²) in [5.74, 6) is -0.333. The van der Waals surface area contributed by atoms with E-state index in [1.54, 1.807) is 17.0 Å². The molecule has 2 amide bonds. The number of nitrogens with one attached hydrogen (secondary N) is 1. The molecule has 1 aromatic carbocycles. The molecular formula is C22H25FN4O3. The largest absolute Gasteiger partial charge is 0.490 e. The van der Waals surface area contributed by atoms with E-state index in [0.29, 0.717) is 37.6 Å². The highest BCUT2D eigenvalue weighted by atomic mass is 19.1. The van der Waals surface area contributed by atoms with Gasteiger partial charge in [0, 0.05) is 24.2 Å². The van der Waals surface area contributed by atoms with E-state index >= 15 is 0 Å². The van der Waals surface area contributed by atoms with E-state index < -0.39 is 17.3 Å². The fourth-order valence-corrected chi connectivity index (χ4v) is 3.63. The normalized spacial score (nSPS) is 18.4. The first-order valence-electron chi connectivity index (χ1n) is 10.3. The quantitative estimate of drug-likeness (QED) is 0.816. The number of ether oxygens (including phenoxy) is 1. The second-order valence-electron chi connectivity index (χ2n) is 8.23. The van der Waals surface area contributed by atoms with E-state index in [1.165, 1.54) is 6.42 Å². The molecule has 1 saturated carbocycles. The summed E-state index contributed by atoms with van der Waals surface area (Å²) in [5, 5.41) is 2.93. The third kappa shape index (κ3) is 4.58. The third-order valence-corrected chi connectivity index (χ3v) is 5.85. The van der Waals surface area contributed by atoms with Gasteiger partial charge in [-0.1, -0.05) is 0 Å². The first-order chi connectivity index (χ1) is 14.4. The zero-order chi connectivity index (χ0) is 21.1. The Balaban J connectivity index is 1.31. The fraction of sp³-hybridized carbons (Fsp3) is 0.455. The van der Waals surface area contributed by atoms with Crippen molar-refractivity contribution in [2.75, 3.05) is 13.1 Å². The van der Waals surface area contributed by atoms with E-state index in [0.717, 1.165) is 31.0 Å². The number of piperidine rings is 1. The van der Waals surface area contributed by atoms with Crippen LogP contribution >= 0.6 is 0 Å². The van der Waals surface area contributed by atoms with Gasteiger partial charge in [0.15, 0.2) is 5.82 Å². The molecule has 1 saturated heterocycles. The molecule has 30 heavy (non-hydrogen) atoms. The van der Waals surface area contributed by atoms with E-state index in [-0.39, 0.29) is 11.7 Å². The highest BCUT2D eigenvalue weighted by molar-refractivity contribution is 5.94. The minimum atomic E-state index is -0.591. The Hall–Kier alpha value is -3.03. The zero-order valence-electron chi connectivity index (χ0n) is 16.9. The number of likely N-dealkylation sites (tertiary alicyclic amines) is 1. The molecule has 158 valence electrons. The molecule has 0 spiro atoms. The minimum Gasteiger partial charge on any atom is -0.490 e. The highest BCUT2D eigenvalue weighted by Gasteiger charge is 2.34. The van der Waals surface area contributed by atoms with Gasteiger partial charge < -0.3 is 15.0 Å². The topological polar surface area (TPSA) is 84.4 Å². The summed E-state index contributed by atoms with van der Waals surface area (Å²) in [6, 6.07) is 7.31. The van der Waals surface area contributed by atoms with Gasteiger partial charge in [-0.3, -0.25) is 9.59 Å². The summed E-state index contributed by atoms with van der Waals surface area (Å²) >= 11 is 0. The molecule has 7 nitrogen and oxygen atoms in total. The van der Waals surface area contributed by atoms with Gasteiger partial charge in [-0.15, -0.1) is 0 Å². The predicted molar refractivity (Wildman–Crippen MR) is 108 cm³/mol. The molecule has 8 heteroatoms. The van der Waals surface area contributed by atoms with Crippen LogP contribution in [0.3, 0.4) is 0 Å². The van der Waals surface area contributed by atoms with Crippen LogP contribution in [-0.2, 0) is 0 Å². The minimum absolute atomic E-state index is 0.0274. The lowest BCUT2D eigenvalue weighted by Gasteiger charge is -2.39. The smallest absolute Gasteiger partial charge is 0.289 e. The van der Waals surface area contributed by atoms with Crippen molar-refractivity contribution in [3.05, 3.63) is 53.9 Å². The van der Waals surface area contributed by atoms with Crippen molar-refractivity contribution in [1.29, 1.82) is 0 Å². The standard InChI is InChI=1S/C22H25FN4O3/c1-22(26-20(28)19-24-13-16(23)14-25-19)9-11-27(12-10-22)21(29)15-5-7-18(8-6-15)30-17-3-2-4-17/h5-8,13-14,17H,2-4,9-12H2,1H3,(H,26,28). The summed E-state index contributed by atoms with van der Waals surface area (Å²) < 4.78 is 18.8. The van der Waals surface area contributed by atoms with Gasteiger partial charge in [-0.2, -0.15) is 0 Å².